The van der Waals surface area contributed by atoms with Gasteiger partial charge in [0.25, 0.3) is 0 Å². The standard InChI is InChI=1S/C16H10.C6H9N3O2/c1-3-11-7-9-13-5-2-6-14-10-8-12(4-1)15(11)16(13)14;7-5(6(10)11)1-4-2-8-3-9-4/h1-10H;2-3,5H,1,7H2,(H,8,9)(H,10,11). The number of nitrogens with two attached hydrogens (primary N) is 1. The maximum Gasteiger partial charge on any atom is 0.320 e. The molecule has 0 saturated heterocycles. The molecule has 0 spiro atoms. The first-order valence-electron chi connectivity index (χ1n) is 8.71. The van der Waals surface area contributed by atoms with Crippen LogP contribution in [0.15, 0.2) is 73.2 Å². The fraction of sp³-hybridized carbons (Fsp3) is 0.0909. The summed E-state index contributed by atoms with van der Waals surface area (Å²) in [5.41, 5.74) is 6.00. The van der Waals surface area contributed by atoms with Crippen molar-refractivity contribution in [2.45, 2.75) is 12.5 Å². The molecule has 134 valence electrons. The molecule has 5 heteroatoms. The average Bonchev–Trinajstić information content (AvgIpc) is 3.20. The number of hydrogen-bond donors (Lipinski definition) is 3. The third-order valence-corrected chi connectivity index (χ3v) is 4.70. The number of benzene rings is 4. The zero-order chi connectivity index (χ0) is 18.8. The number of nitrogens with one attached hydrogen (secondary N) is 1. The number of hydrogen-bond acceptors (Lipinski definition) is 3. The van der Waals surface area contributed by atoms with E-state index in [2.05, 4.69) is 70.6 Å². The number of carbonyl (C=O) groups is 1. The lowest BCUT2D eigenvalue weighted by Gasteiger charge is -2.09. The molecule has 5 nitrogen and oxygen atoms in total. The van der Waals surface area contributed by atoms with Crippen LogP contribution in [0.1, 0.15) is 5.69 Å². The Kier molecular flexibility index (Phi) is 4.44. The third-order valence-electron chi connectivity index (χ3n) is 4.70. The molecule has 0 aliphatic carbocycles. The van der Waals surface area contributed by atoms with Crippen molar-refractivity contribution >= 4 is 38.3 Å². The highest BCUT2D eigenvalue weighted by Crippen LogP contribution is 2.33. The fourth-order valence-corrected chi connectivity index (χ4v) is 3.39. The van der Waals surface area contributed by atoms with E-state index < -0.39 is 12.0 Å². The van der Waals surface area contributed by atoms with Crippen molar-refractivity contribution in [2.24, 2.45) is 5.73 Å². The monoisotopic (exact) mass is 357 g/mol. The molecule has 0 radical (unpaired) electrons. The SMILES string of the molecule is NC(Cc1cnc[nH]1)C(=O)O.c1cc2ccc3cccc4ccc(c1)c2c34. The normalized spacial score (nSPS) is 12.2. The number of aromatic nitrogens is 2. The third kappa shape index (κ3) is 3.32. The lowest BCUT2D eigenvalue weighted by atomic mass is 9.95. The van der Waals surface area contributed by atoms with E-state index in [0.29, 0.717) is 0 Å². The van der Waals surface area contributed by atoms with Crippen molar-refractivity contribution in [2.75, 3.05) is 0 Å². The summed E-state index contributed by atoms with van der Waals surface area (Å²) < 4.78 is 0. The quantitative estimate of drug-likeness (QED) is 0.426. The van der Waals surface area contributed by atoms with E-state index in [1.54, 1.807) is 6.20 Å². The van der Waals surface area contributed by atoms with Crippen LogP contribution < -0.4 is 5.73 Å². The zero-order valence-electron chi connectivity index (χ0n) is 14.6. The van der Waals surface area contributed by atoms with Gasteiger partial charge < -0.3 is 15.8 Å². The van der Waals surface area contributed by atoms with E-state index in [1.165, 1.54) is 38.6 Å². The number of H-pyrrole nitrogens is 1. The largest absolute Gasteiger partial charge is 0.480 e. The van der Waals surface area contributed by atoms with Crippen molar-refractivity contribution in [3.05, 3.63) is 78.9 Å². The molecule has 0 bridgehead atoms. The molecule has 1 heterocycles. The van der Waals surface area contributed by atoms with Gasteiger partial charge in [0.2, 0.25) is 0 Å². The van der Waals surface area contributed by atoms with Crippen LogP contribution in [0, 0.1) is 0 Å². The van der Waals surface area contributed by atoms with Crippen LogP contribution in [0.5, 0.6) is 0 Å². The molecule has 0 saturated carbocycles. The van der Waals surface area contributed by atoms with Crippen LogP contribution in [-0.2, 0) is 11.2 Å². The molecule has 27 heavy (non-hydrogen) atoms. The maximum absolute atomic E-state index is 10.3. The minimum atomic E-state index is -1.00. The summed E-state index contributed by atoms with van der Waals surface area (Å²) in [6.07, 6.45) is 3.34. The van der Waals surface area contributed by atoms with Crippen LogP contribution in [0.2, 0.25) is 0 Å². The van der Waals surface area contributed by atoms with Gasteiger partial charge >= 0.3 is 5.97 Å². The smallest absolute Gasteiger partial charge is 0.320 e. The molecular formula is C22H19N3O2. The lowest BCUT2D eigenvalue weighted by molar-refractivity contribution is -0.138. The van der Waals surface area contributed by atoms with Crippen molar-refractivity contribution in [3.63, 3.8) is 0 Å². The fourth-order valence-electron chi connectivity index (χ4n) is 3.39. The second-order valence-corrected chi connectivity index (χ2v) is 6.52. The molecule has 5 aromatic rings. The summed E-state index contributed by atoms with van der Waals surface area (Å²) in [5, 5.41) is 16.6. The maximum atomic E-state index is 10.3. The highest BCUT2D eigenvalue weighted by atomic mass is 16.4. The molecule has 0 aliphatic heterocycles. The summed E-state index contributed by atoms with van der Waals surface area (Å²) in [7, 11) is 0. The number of carboxylic acid groups (broad SMARTS) is 1. The van der Waals surface area contributed by atoms with Crippen molar-refractivity contribution in [1.82, 2.24) is 9.97 Å². The number of carboxylic acids is 1. The summed E-state index contributed by atoms with van der Waals surface area (Å²) >= 11 is 0. The van der Waals surface area contributed by atoms with Gasteiger partial charge in [0.15, 0.2) is 0 Å². The predicted molar refractivity (Wildman–Crippen MR) is 108 cm³/mol. The Morgan fingerprint density at radius 1 is 0.926 bits per heavy atom. The number of rotatable bonds is 3. The van der Waals surface area contributed by atoms with E-state index in [-0.39, 0.29) is 6.42 Å². The van der Waals surface area contributed by atoms with Crippen molar-refractivity contribution < 1.29 is 9.90 Å². The Morgan fingerprint density at radius 2 is 1.41 bits per heavy atom. The highest BCUT2D eigenvalue weighted by Gasteiger charge is 2.12. The van der Waals surface area contributed by atoms with E-state index in [4.69, 9.17) is 10.8 Å². The summed E-state index contributed by atoms with van der Waals surface area (Å²) in [6.45, 7) is 0. The zero-order valence-corrected chi connectivity index (χ0v) is 14.6. The molecule has 1 atom stereocenters. The lowest BCUT2D eigenvalue weighted by Crippen LogP contribution is -2.32. The van der Waals surface area contributed by atoms with Gasteiger partial charge in [0.05, 0.1) is 6.33 Å². The van der Waals surface area contributed by atoms with Gasteiger partial charge in [-0.1, -0.05) is 60.7 Å². The van der Waals surface area contributed by atoms with Gasteiger partial charge in [-0.2, -0.15) is 0 Å². The number of imidazole rings is 1. The van der Waals surface area contributed by atoms with Crippen LogP contribution in [0.3, 0.4) is 0 Å². The Morgan fingerprint density at radius 3 is 1.78 bits per heavy atom. The van der Waals surface area contributed by atoms with Gasteiger partial charge in [-0.3, -0.25) is 4.79 Å². The second-order valence-electron chi connectivity index (χ2n) is 6.52. The summed E-state index contributed by atoms with van der Waals surface area (Å²) in [5.74, 6) is -1.00. The van der Waals surface area contributed by atoms with E-state index in [0.717, 1.165) is 5.69 Å². The first kappa shape index (κ1) is 17.0. The molecule has 0 amide bonds. The molecule has 4 aromatic carbocycles. The van der Waals surface area contributed by atoms with Crippen LogP contribution in [0.4, 0.5) is 0 Å². The van der Waals surface area contributed by atoms with Gasteiger partial charge in [-0.25, -0.2) is 4.98 Å². The van der Waals surface area contributed by atoms with Crippen molar-refractivity contribution in [1.29, 1.82) is 0 Å². The molecule has 5 rings (SSSR count). The first-order valence-corrected chi connectivity index (χ1v) is 8.71. The Hall–Kier alpha value is -3.44. The van der Waals surface area contributed by atoms with E-state index in [1.807, 2.05) is 0 Å². The van der Waals surface area contributed by atoms with Crippen molar-refractivity contribution in [3.8, 4) is 0 Å². The summed E-state index contributed by atoms with van der Waals surface area (Å²) in [6, 6.07) is 21.0. The highest BCUT2D eigenvalue weighted by molar-refractivity contribution is 6.22. The molecule has 0 aliphatic rings. The van der Waals surface area contributed by atoms with E-state index >= 15 is 0 Å². The van der Waals surface area contributed by atoms with Crippen LogP contribution in [-0.4, -0.2) is 27.1 Å². The topological polar surface area (TPSA) is 92.0 Å². The number of aliphatic carboxylic acids is 1. The van der Waals surface area contributed by atoms with Gasteiger partial charge in [-0.15, -0.1) is 0 Å². The summed E-state index contributed by atoms with van der Waals surface area (Å²) in [4.78, 5) is 16.8. The molecule has 4 N–H and O–H groups in total. The molecule has 1 unspecified atom stereocenters. The van der Waals surface area contributed by atoms with E-state index in [9.17, 15) is 4.79 Å². The minimum Gasteiger partial charge on any atom is -0.480 e. The van der Waals surface area contributed by atoms with Gasteiger partial charge in [0, 0.05) is 18.3 Å². The van der Waals surface area contributed by atoms with Crippen LogP contribution in [0.25, 0.3) is 32.3 Å². The van der Waals surface area contributed by atoms with Crippen LogP contribution >= 0.6 is 0 Å². The Labute approximate surface area is 155 Å². The second kappa shape index (κ2) is 7.05. The molecule has 0 fully saturated rings. The molecular weight excluding hydrogens is 338 g/mol. The predicted octanol–water partition coefficient (Wildman–Crippen LogP) is 3.95. The molecule has 1 aromatic heterocycles. The number of nitrogens with zero attached hydrogens (tertiary/aromatic N) is 1. The average molecular weight is 357 g/mol. The Bertz CT molecular complexity index is 1070. The minimum absolute atomic E-state index is 0.287. The van der Waals surface area contributed by atoms with Gasteiger partial charge in [0.1, 0.15) is 6.04 Å². The Balaban J connectivity index is 0.000000145. The first-order chi connectivity index (χ1) is 13.1. The number of aromatic amines is 1. The van der Waals surface area contributed by atoms with Gasteiger partial charge in [-0.05, 0) is 32.3 Å².